The Morgan fingerprint density at radius 1 is 0.962 bits per heavy atom. The number of aliphatic hydroxyl groups is 1. The van der Waals surface area contributed by atoms with Crippen LogP contribution in [0.25, 0.3) is 0 Å². The molecule has 1 amide bonds. The lowest BCUT2D eigenvalue weighted by molar-refractivity contribution is -0.00203. The second-order valence-corrected chi connectivity index (χ2v) is 14.4. The van der Waals surface area contributed by atoms with Crippen molar-refractivity contribution in [2.24, 2.45) is 0 Å². The third kappa shape index (κ3) is 8.14. The first-order chi connectivity index (χ1) is 25.2. The number of ether oxygens (including phenoxy) is 4. The lowest BCUT2D eigenvalue weighted by Crippen LogP contribution is -2.49. The first-order valence-corrected chi connectivity index (χ1v) is 18.1. The molecule has 11 heteroatoms. The van der Waals surface area contributed by atoms with Crippen LogP contribution in [0.2, 0.25) is 5.02 Å². The van der Waals surface area contributed by atoms with Gasteiger partial charge >= 0.3 is 5.97 Å². The van der Waals surface area contributed by atoms with Gasteiger partial charge in [0, 0.05) is 69.0 Å². The topological polar surface area (TPSA) is 118 Å². The van der Waals surface area contributed by atoms with Gasteiger partial charge in [0.25, 0.3) is 5.91 Å². The first-order valence-electron chi connectivity index (χ1n) is 17.7. The minimum absolute atomic E-state index is 0.00506. The Balaban J connectivity index is 1.00. The van der Waals surface area contributed by atoms with Gasteiger partial charge in [-0.05, 0) is 77.7 Å². The van der Waals surface area contributed by atoms with Crippen molar-refractivity contribution in [3.05, 3.63) is 118 Å². The average Bonchev–Trinajstić information content (AvgIpc) is 3.79. The van der Waals surface area contributed by atoms with Gasteiger partial charge in [-0.3, -0.25) is 4.79 Å². The van der Waals surface area contributed by atoms with Gasteiger partial charge in [-0.1, -0.05) is 35.9 Å². The molecule has 2 saturated heterocycles. The lowest BCUT2D eigenvalue weighted by Gasteiger charge is -2.39. The molecule has 52 heavy (non-hydrogen) atoms. The summed E-state index contributed by atoms with van der Waals surface area (Å²) in [5.74, 6) is 1.38. The molecule has 3 aliphatic rings. The number of piperidine rings is 1. The van der Waals surface area contributed by atoms with E-state index in [0.717, 1.165) is 67.0 Å². The SMILES string of the molecule is COc1ccc(COc2ccc(C(=O)N3CC[C@@H](c4cccc(C(=O)O)c4)C3)c(OC[C@@H](O)CN3CCC4(CC3)Cc3cc(Cl)ccc3O4)c2)cc1. The maximum atomic E-state index is 14.0. The zero-order chi connectivity index (χ0) is 36.2. The summed E-state index contributed by atoms with van der Waals surface area (Å²) in [4.78, 5) is 29.5. The van der Waals surface area contributed by atoms with Crippen molar-refractivity contribution >= 4 is 23.5 Å². The van der Waals surface area contributed by atoms with Gasteiger partial charge in [-0.2, -0.15) is 0 Å². The smallest absolute Gasteiger partial charge is 0.335 e. The predicted molar refractivity (Wildman–Crippen MR) is 196 cm³/mol. The molecular formula is C41H43ClN2O8. The highest BCUT2D eigenvalue weighted by Crippen LogP contribution is 2.42. The molecule has 1 spiro atoms. The Morgan fingerprint density at radius 3 is 2.52 bits per heavy atom. The van der Waals surface area contributed by atoms with Crippen molar-refractivity contribution in [2.75, 3.05) is 46.4 Å². The molecule has 7 rings (SSSR count). The maximum absolute atomic E-state index is 14.0. The zero-order valence-electron chi connectivity index (χ0n) is 29.1. The molecule has 2 fully saturated rings. The number of fused-ring (bicyclic) bond motifs is 1. The number of carbonyl (C=O) groups is 2. The van der Waals surface area contributed by atoms with Gasteiger partial charge in [-0.25, -0.2) is 4.79 Å². The predicted octanol–water partition coefficient (Wildman–Crippen LogP) is 6.46. The largest absolute Gasteiger partial charge is 0.497 e. The van der Waals surface area contributed by atoms with E-state index in [0.29, 0.717) is 48.3 Å². The molecule has 0 aromatic heterocycles. The van der Waals surface area contributed by atoms with E-state index in [1.54, 1.807) is 48.4 Å². The molecule has 0 bridgehead atoms. The number of carbonyl (C=O) groups excluding carboxylic acids is 1. The Labute approximate surface area is 308 Å². The van der Waals surface area contributed by atoms with Crippen molar-refractivity contribution in [3.8, 4) is 23.0 Å². The third-order valence-electron chi connectivity index (χ3n) is 10.4. The molecule has 4 aromatic rings. The molecule has 2 N–H and O–H groups in total. The van der Waals surface area contributed by atoms with E-state index in [4.69, 9.17) is 30.5 Å². The van der Waals surface area contributed by atoms with E-state index in [-0.39, 0.29) is 29.6 Å². The number of halogens is 1. The number of likely N-dealkylation sites (tertiary alicyclic amines) is 2. The fourth-order valence-electron chi connectivity index (χ4n) is 7.45. The van der Waals surface area contributed by atoms with Gasteiger partial charge in [-0.15, -0.1) is 0 Å². The van der Waals surface area contributed by atoms with Crippen LogP contribution in [-0.4, -0.2) is 90.0 Å². The van der Waals surface area contributed by atoms with Crippen LogP contribution in [0.1, 0.15) is 62.6 Å². The van der Waals surface area contributed by atoms with Gasteiger partial charge in [0.05, 0.1) is 18.2 Å². The second-order valence-electron chi connectivity index (χ2n) is 13.9. The molecule has 3 aliphatic heterocycles. The minimum atomic E-state index is -0.977. The van der Waals surface area contributed by atoms with Gasteiger partial charge < -0.3 is 39.0 Å². The van der Waals surface area contributed by atoms with Gasteiger partial charge in [0.2, 0.25) is 0 Å². The van der Waals surface area contributed by atoms with Crippen LogP contribution in [0, 0.1) is 0 Å². The number of rotatable bonds is 12. The van der Waals surface area contributed by atoms with Gasteiger partial charge in [0.15, 0.2) is 0 Å². The Kier molecular flexibility index (Phi) is 10.6. The Morgan fingerprint density at radius 2 is 1.75 bits per heavy atom. The number of nitrogens with zero attached hydrogens (tertiary/aromatic N) is 2. The van der Waals surface area contributed by atoms with Crippen molar-refractivity contribution in [3.63, 3.8) is 0 Å². The second kappa shape index (κ2) is 15.5. The third-order valence-corrected chi connectivity index (χ3v) is 10.6. The summed E-state index contributed by atoms with van der Waals surface area (Å²) >= 11 is 6.21. The number of carboxylic acid groups (broad SMARTS) is 1. The summed E-state index contributed by atoms with van der Waals surface area (Å²) in [6, 6.07) is 25.5. The van der Waals surface area contributed by atoms with E-state index in [1.165, 1.54) is 0 Å². The van der Waals surface area contributed by atoms with Crippen LogP contribution in [0.4, 0.5) is 0 Å². The van der Waals surface area contributed by atoms with E-state index < -0.39 is 12.1 Å². The van der Waals surface area contributed by atoms with Crippen LogP contribution >= 0.6 is 11.6 Å². The summed E-state index contributed by atoms with van der Waals surface area (Å²) in [6.45, 7) is 3.27. The fourth-order valence-corrected chi connectivity index (χ4v) is 7.65. The van der Waals surface area contributed by atoms with Crippen LogP contribution in [-0.2, 0) is 13.0 Å². The molecule has 0 saturated carbocycles. The molecule has 4 aromatic carbocycles. The Hall–Kier alpha value is -4.77. The van der Waals surface area contributed by atoms with Crippen LogP contribution < -0.4 is 18.9 Å². The summed E-state index contributed by atoms with van der Waals surface area (Å²) in [6.07, 6.45) is 2.45. The van der Waals surface area contributed by atoms with E-state index in [2.05, 4.69) is 4.90 Å². The molecule has 0 radical (unpaired) electrons. The molecule has 10 nitrogen and oxygen atoms in total. The van der Waals surface area contributed by atoms with Crippen LogP contribution in [0.5, 0.6) is 23.0 Å². The molecule has 0 unspecified atom stereocenters. The maximum Gasteiger partial charge on any atom is 0.335 e. The number of aromatic carboxylic acids is 1. The molecule has 272 valence electrons. The summed E-state index contributed by atoms with van der Waals surface area (Å²) in [7, 11) is 1.62. The number of benzene rings is 4. The molecule has 2 atom stereocenters. The number of carboxylic acids is 1. The molecule has 3 heterocycles. The highest BCUT2D eigenvalue weighted by atomic mass is 35.5. The average molecular weight is 727 g/mol. The van der Waals surface area contributed by atoms with E-state index in [1.807, 2.05) is 48.5 Å². The zero-order valence-corrected chi connectivity index (χ0v) is 29.9. The van der Waals surface area contributed by atoms with Crippen LogP contribution in [0.15, 0.2) is 84.9 Å². The van der Waals surface area contributed by atoms with Crippen LogP contribution in [0.3, 0.4) is 0 Å². The number of methoxy groups -OCH3 is 1. The van der Waals surface area contributed by atoms with E-state index in [9.17, 15) is 19.8 Å². The van der Waals surface area contributed by atoms with E-state index >= 15 is 0 Å². The number of aliphatic hydroxyl groups excluding tert-OH is 1. The molecule has 0 aliphatic carbocycles. The quantitative estimate of drug-likeness (QED) is 0.170. The summed E-state index contributed by atoms with van der Waals surface area (Å²) < 4.78 is 24.0. The fraction of sp³-hybridized carbons (Fsp3) is 0.366. The number of amides is 1. The lowest BCUT2D eigenvalue weighted by atomic mass is 9.87. The first kappa shape index (κ1) is 35.6. The number of hydrogen-bond acceptors (Lipinski definition) is 8. The highest BCUT2D eigenvalue weighted by Gasteiger charge is 2.42. The van der Waals surface area contributed by atoms with Crippen molar-refractivity contribution in [1.29, 1.82) is 0 Å². The van der Waals surface area contributed by atoms with Crippen molar-refractivity contribution in [1.82, 2.24) is 9.80 Å². The Bertz CT molecular complexity index is 1910. The monoisotopic (exact) mass is 726 g/mol. The summed E-state index contributed by atoms with van der Waals surface area (Å²) in [5, 5.41) is 21.3. The standard InChI is InChI=1S/C41H43ClN2O8/c1-49-34-8-5-27(6-9-34)25-50-35-10-11-36(39(46)44-16-13-30(23-44)28-3-2-4-29(19-28)40(47)48)38(21-35)51-26-33(45)24-43-17-14-41(15-18-43)22-31-20-32(42)7-12-37(31)52-41/h2-12,19-21,30,33,45H,13-18,22-26H2,1H3,(H,47,48)/t30-,33+/m1/s1. The summed E-state index contributed by atoms with van der Waals surface area (Å²) in [5.41, 5.74) is 3.37. The number of hydrogen-bond donors (Lipinski definition) is 2. The van der Waals surface area contributed by atoms with Crippen molar-refractivity contribution in [2.45, 2.75) is 49.9 Å². The normalized spacial score (nSPS) is 18.4. The highest BCUT2D eigenvalue weighted by molar-refractivity contribution is 6.30. The van der Waals surface area contributed by atoms with Crippen molar-refractivity contribution < 1.29 is 38.7 Å². The minimum Gasteiger partial charge on any atom is -0.497 e. The number of β-amino-alcohol motifs (C(OH)–C–C–N with tert-alkyl or cyclic N) is 1. The van der Waals surface area contributed by atoms with Gasteiger partial charge in [0.1, 0.15) is 47.9 Å². The molecular weight excluding hydrogens is 684 g/mol.